The predicted molar refractivity (Wildman–Crippen MR) is 39.6 cm³/mol. The van der Waals surface area contributed by atoms with Crippen LogP contribution < -0.4 is 61.6 Å². The van der Waals surface area contributed by atoms with Crippen molar-refractivity contribution in [3.8, 4) is 5.88 Å². The van der Waals surface area contributed by atoms with Crippen molar-refractivity contribution in [1.82, 2.24) is 4.98 Å². The molecule has 0 amide bonds. The fraction of sp³-hybridized carbons (Fsp3) is 0.167. The van der Waals surface area contributed by atoms with Gasteiger partial charge in [0.25, 0.3) is 0 Å². The van der Waals surface area contributed by atoms with E-state index in [1.165, 1.54) is 0 Å². The van der Waals surface area contributed by atoms with Gasteiger partial charge < -0.3 is 17.7 Å². The van der Waals surface area contributed by atoms with Crippen molar-refractivity contribution in [2.24, 2.45) is 0 Å². The van der Waals surface area contributed by atoms with Gasteiger partial charge in [0, 0.05) is 6.20 Å². The normalized spacial score (nSPS) is 11.9. The van der Waals surface area contributed by atoms with Crippen molar-refractivity contribution >= 4 is 12.4 Å². The second-order valence-corrected chi connectivity index (χ2v) is 2.55. The van der Waals surface area contributed by atoms with E-state index in [1.807, 2.05) is 0 Å². The van der Waals surface area contributed by atoms with Crippen LogP contribution in [0, 0.1) is 0 Å². The van der Waals surface area contributed by atoms with Gasteiger partial charge in [0.05, 0.1) is 0 Å². The Hall–Kier alpha value is 0.231. The van der Waals surface area contributed by atoms with Gasteiger partial charge in [-0.1, -0.05) is 11.5 Å². The molecule has 0 bridgehead atoms. The van der Waals surface area contributed by atoms with Crippen LogP contribution in [0.15, 0.2) is 18.3 Å². The van der Waals surface area contributed by atoms with E-state index in [1.54, 1.807) is 0 Å². The van der Waals surface area contributed by atoms with Gasteiger partial charge in [-0.2, -0.15) is 0 Å². The molecule has 84 valence electrons. The molecule has 0 N–H and O–H groups in total. The summed E-state index contributed by atoms with van der Waals surface area (Å²) in [6, 6.07) is 0.992. The van der Waals surface area contributed by atoms with Gasteiger partial charge in [0.15, 0.2) is 0 Å². The van der Waals surface area contributed by atoms with Crippen LogP contribution in [-0.4, -0.2) is 18.3 Å². The summed E-state index contributed by atoms with van der Waals surface area (Å²) < 4.78 is 74.1. The standard InChI is InChI=1S/C6H3BF6NO.K/c8-6(9,10)15-5-2-1-4(3-14-5)7(11,12)13;/h1-3H;/q-1;+1. The summed E-state index contributed by atoms with van der Waals surface area (Å²) in [5.74, 6) is -0.925. The summed E-state index contributed by atoms with van der Waals surface area (Å²) in [7, 11) is 0. The maximum absolute atomic E-state index is 12.0. The molecule has 0 aromatic carbocycles. The van der Waals surface area contributed by atoms with Crippen LogP contribution in [-0.2, 0) is 0 Å². The SMILES string of the molecule is F[B-](F)(F)c1ccc(OC(F)(F)F)nc1.[K+]. The van der Waals surface area contributed by atoms with Gasteiger partial charge in [-0.05, 0) is 6.07 Å². The topological polar surface area (TPSA) is 22.1 Å². The number of hydrogen-bond acceptors (Lipinski definition) is 2. The molecule has 0 aliphatic rings. The Morgan fingerprint density at radius 3 is 2.00 bits per heavy atom. The summed E-state index contributed by atoms with van der Waals surface area (Å²) in [6.45, 7) is -5.26. The zero-order chi connectivity index (χ0) is 11.7. The molecule has 1 aromatic rings. The Morgan fingerprint density at radius 2 is 1.69 bits per heavy atom. The van der Waals surface area contributed by atoms with E-state index in [2.05, 4.69) is 9.72 Å². The third kappa shape index (κ3) is 5.53. The Balaban J connectivity index is 0.00000225. The van der Waals surface area contributed by atoms with Gasteiger partial charge in [-0.3, -0.25) is 0 Å². The zero-order valence-corrected chi connectivity index (χ0v) is 11.1. The van der Waals surface area contributed by atoms with Gasteiger partial charge >= 0.3 is 64.7 Å². The van der Waals surface area contributed by atoms with Gasteiger partial charge in [-0.25, -0.2) is 4.98 Å². The van der Waals surface area contributed by atoms with E-state index in [4.69, 9.17) is 0 Å². The van der Waals surface area contributed by atoms with Crippen molar-refractivity contribution in [2.75, 3.05) is 0 Å². The van der Waals surface area contributed by atoms with Crippen molar-refractivity contribution in [2.45, 2.75) is 6.36 Å². The minimum Gasteiger partial charge on any atom is -0.445 e. The van der Waals surface area contributed by atoms with E-state index < -0.39 is 24.7 Å². The van der Waals surface area contributed by atoms with Crippen molar-refractivity contribution in [3.63, 3.8) is 0 Å². The third-order valence-electron chi connectivity index (χ3n) is 1.36. The molecule has 10 heteroatoms. The van der Waals surface area contributed by atoms with Crippen LogP contribution in [0.4, 0.5) is 26.1 Å². The van der Waals surface area contributed by atoms with E-state index >= 15 is 0 Å². The summed E-state index contributed by atoms with van der Waals surface area (Å²) >= 11 is 0. The number of rotatable bonds is 2. The van der Waals surface area contributed by atoms with Gasteiger partial charge in [0.2, 0.25) is 5.88 Å². The quantitative estimate of drug-likeness (QED) is 0.509. The number of aromatic nitrogens is 1. The van der Waals surface area contributed by atoms with E-state index in [9.17, 15) is 26.1 Å². The summed E-state index contributed by atoms with van der Waals surface area (Å²) in [5, 5.41) is 0. The second-order valence-electron chi connectivity index (χ2n) is 2.55. The molecule has 0 fully saturated rings. The van der Waals surface area contributed by atoms with Crippen LogP contribution in [0.3, 0.4) is 0 Å². The summed E-state index contributed by atoms with van der Waals surface area (Å²) in [6.07, 6.45) is -4.67. The fourth-order valence-electron chi connectivity index (χ4n) is 0.764. The van der Waals surface area contributed by atoms with E-state index in [0.29, 0.717) is 18.3 Å². The average molecular weight is 269 g/mol. The number of alkyl halides is 3. The molecule has 1 aromatic heterocycles. The molecule has 1 heterocycles. The molecule has 1 rings (SSSR count). The minimum atomic E-state index is -5.26. The van der Waals surface area contributed by atoms with Crippen LogP contribution in [0.2, 0.25) is 0 Å². The van der Waals surface area contributed by atoms with Crippen LogP contribution in [0.25, 0.3) is 0 Å². The first kappa shape index (κ1) is 16.2. The fourth-order valence-corrected chi connectivity index (χ4v) is 0.764. The first-order valence-electron chi connectivity index (χ1n) is 3.60. The van der Waals surface area contributed by atoms with Crippen LogP contribution >= 0.6 is 0 Å². The largest absolute Gasteiger partial charge is 1.00 e. The Kier molecular flexibility index (Phi) is 5.80. The molecular formula is C6H3BF6KNO. The molecule has 0 spiro atoms. The van der Waals surface area contributed by atoms with Crippen molar-refractivity contribution < 1.29 is 82.2 Å². The van der Waals surface area contributed by atoms with E-state index in [0.717, 1.165) is 0 Å². The molecule has 2 nitrogen and oxygen atoms in total. The number of halogens is 6. The average Bonchev–Trinajstić information content (AvgIpc) is 2.00. The van der Waals surface area contributed by atoms with Crippen LogP contribution in [0.1, 0.15) is 0 Å². The summed E-state index contributed by atoms with van der Waals surface area (Å²) in [5.41, 5.74) is -1.08. The zero-order valence-electron chi connectivity index (χ0n) is 7.93. The number of ether oxygens (including phenoxy) is 1. The Bertz CT molecular complexity index is 336. The van der Waals surface area contributed by atoms with Crippen molar-refractivity contribution in [1.29, 1.82) is 0 Å². The first-order valence-corrected chi connectivity index (χ1v) is 3.60. The van der Waals surface area contributed by atoms with Crippen LogP contribution in [0.5, 0.6) is 5.88 Å². The molecule has 0 saturated carbocycles. The molecule has 0 aliphatic carbocycles. The van der Waals surface area contributed by atoms with E-state index in [-0.39, 0.29) is 51.4 Å². The number of nitrogens with zero attached hydrogens (tertiary/aromatic N) is 1. The summed E-state index contributed by atoms with van der Waals surface area (Å²) in [4.78, 5) is 2.88. The third-order valence-corrected chi connectivity index (χ3v) is 1.36. The second kappa shape index (κ2) is 5.72. The minimum absolute atomic E-state index is 0. The monoisotopic (exact) mass is 269 g/mol. The number of hydrogen-bond donors (Lipinski definition) is 0. The molecule has 0 saturated heterocycles. The van der Waals surface area contributed by atoms with Gasteiger partial charge in [-0.15, -0.1) is 13.2 Å². The molecule has 0 aliphatic heterocycles. The maximum atomic E-state index is 12.0. The Labute approximate surface area is 129 Å². The molecule has 16 heavy (non-hydrogen) atoms. The van der Waals surface area contributed by atoms with Gasteiger partial charge in [0.1, 0.15) is 0 Å². The molecular weight excluding hydrogens is 266 g/mol. The molecule has 0 unspecified atom stereocenters. The number of pyridine rings is 1. The predicted octanol–water partition coefficient (Wildman–Crippen LogP) is -0.961. The molecule has 0 atom stereocenters. The Morgan fingerprint density at radius 1 is 1.12 bits per heavy atom. The first-order chi connectivity index (χ1) is 6.68. The van der Waals surface area contributed by atoms with Crippen molar-refractivity contribution in [3.05, 3.63) is 18.3 Å². The smallest absolute Gasteiger partial charge is 0.445 e. The maximum Gasteiger partial charge on any atom is 1.00 e. The molecule has 0 radical (unpaired) electrons.